The molecule has 1 aromatic heterocycles. The highest BCUT2D eigenvalue weighted by Crippen LogP contribution is 2.25. The maximum atomic E-state index is 11.5. The molecule has 0 saturated heterocycles. The van der Waals surface area contributed by atoms with E-state index in [2.05, 4.69) is 4.74 Å². The number of carbonyl (C=O) groups is 2. The summed E-state index contributed by atoms with van der Waals surface area (Å²) in [6, 6.07) is 6.88. The molecule has 0 atom stereocenters. The Hall–Kier alpha value is -2.07. The van der Waals surface area contributed by atoms with E-state index in [-0.39, 0.29) is 0 Å². The molecule has 0 N–H and O–H groups in total. The molecule has 0 saturated carbocycles. The fourth-order valence-corrected chi connectivity index (χ4v) is 2.47. The number of aryl methyl sites for hydroxylation is 1. The summed E-state index contributed by atoms with van der Waals surface area (Å²) in [6.45, 7) is 3.76. The Bertz CT molecular complexity index is 689. The Labute approximate surface area is 121 Å². The van der Waals surface area contributed by atoms with Crippen molar-refractivity contribution in [2.45, 2.75) is 13.8 Å². The second-order valence-corrected chi connectivity index (χ2v) is 4.84. The summed E-state index contributed by atoms with van der Waals surface area (Å²) >= 11 is 6.11. The molecule has 1 heterocycles. The van der Waals surface area contributed by atoms with Crippen LogP contribution in [0.3, 0.4) is 0 Å². The molecule has 0 aliphatic heterocycles. The van der Waals surface area contributed by atoms with Crippen LogP contribution in [0.2, 0.25) is 5.02 Å². The highest BCUT2D eigenvalue weighted by Gasteiger charge is 2.14. The first-order valence-electron chi connectivity index (χ1n) is 6.02. The maximum Gasteiger partial charge on any atom is 0.339 e. The number of benzene rings is 1. The van der Waals surface area contributed by atoms with Crippen molar-refractivity contribution in [2.75, 3.05) is 7.11 Å². The van der Waals surface area contributed by atoms with Crippen LogP contribution in [-0.2, 0) is 4.74 Å². The second kappa shape index (κ2) is 5.51. The van der Waals surface area contributed by atoms with Crippen molar-refractivity contribution < 1.29 is 14.3 Å². The number of aromatic nitrogens is 1. The number of aldehydes is 1. The topological polar surface area (TPSA) is 48.3 Å². The number of rotatable bonds is 3. The van der Waals surface area contributed by atoms with E-state index in [0.29, 0.717) is 16.1 Å². The van der Waals surface area contributed by atoms with E-state index in [1.165, 1.54) is 7.11 Å². The Morgan fingerprint density at radius 2 is 2.00 bits per heavy atom. The van der Waals surface area contributed by atoms with Gasteiger partial charge in [0.2, 0.25) is 0 Å². The predicted octanol–water partition coefficient (Wildman–Crippen LogP) is 3.35. The van der Waals surface area contributed by atoms with Gasteiger partial charge < -0.3 is 9.30 Å². The summed E-state index contributed by atoms with van der Waals surface area (Å²) in [5.74, 6) is -0.476. The smallest absolute Gasteiger partial charge is 0.339 e. The van der Waals surface area contributed by atoms with Crippen molar-refractivity contribution in [3.63, 3.8) is 0 Å². The predicted molar refractivity (Wildman–Crippen MR) is 77.0 cm³/mol. The molecule has 4 nitrogen and oxygen atoms in total. The lowest BCUT2D eigenvalue weighted by Crippen LogP contribution is -2.04. The van der Waals surface area contributed by atoms with Gasteiger partial charge >= 0.3 is 5.97 Å². The molecule has 2 rings (SSSR count). The highest BCUT2D eigenvalue weighted by atomic mass is 35.5. The van der Waals surface area contributed by atoms with Gasteiger partial charge in [-0.05, 0) is 38.1 Å². The van der Waals surface area contributed by atoms with Crippen LogP contribution in [0.4, 0.5) is 0 Å². The maximum absolute atomic E-state index is 11.5. The van der Waals surface area contributed by atoms with Crippen LogP contribution < -0.4 is 0 Å². The van der Waals surface area contributed by atoms with Gasteiger partial charge in [-0.25, -0.2) is 4.79 Å². The third-order valence-corrected chi connectivity index (χ3v) is 3.53. The molecule has 104 valence electrons. The Balaban J connectivity index is 2.55. The van der Waals surface area contributed by atoms with E-state index in [4.69, 9.17) is 11.6 Å². The van der Waals surface area contributed by atoms with Crippen LogP contribution in [0, 0.1) is 13.8 Å². The Kier molecular flexibility index (Phi) is 3.95. The lowest BCUT2D eigenvalue weighted by Gasteiger charge is -2.11. The molecule has 0 aliphatic carbocycles. The first kappa shape index (κ1) is 14.3. The zero-order valence-corrected chi connectivity index (χ0v) is 12.2. The van der Waals surface area contributed by atoms with Gasteiger partial charge in [-0.3, -0.25) is 4.79 Å². The summed E-state index contributed by atoms with van der Waals surface area (Å²) in [5, 5.41) is 0.314. The van der Waals surface area contributed by atoms with Crippen LogP contribution in [0.5, 0.6) is 0 Å². The lowest BCUT2D eigenvalue weighted by atomic mass is 10.2. The standard InChI is InChI=1S/C15H14ClNO3/c1-9-6-11(8-18)10(2)17(9)12-4-5-13(14(16)7-12)15(19)20-3/h4-8H,1-3H3. The summed E-state index contributed by atoms with van der Waals surface area (Å²) in [6.07, 6.45) is 0.823. The van der Waals surface area contributed by atoms with E-state index in [0.717, 1.165) is 23.4 Å². The van der Waals surface area contributed by atoms with Crippen LogP contribution in [0.15, 0.2) is 24.3 Å². The fourth-order valence-electron chi connectivity index (χ4n) is 2.22. The number of esters is 1. The van der Waals surface area contributed by atoms with Gasteiger partial charge in [0.25, 0.3) is 0 Å². The third-order valence-electron chi connectivity index (χ3n) is 3.21. The molecule has 0 unspecified atom stereocenters. The van der Waals surface area contributed by atoms with Gasteiger partial charge in [0.1, 0.15) is 0 Å². The van der Waals surface area contributed by atoms with E-state index in [9.17, 15) is 9.59 Å². The number of halogens is 1. The summed E-state index contributed by atoms with van der Waals surface area (Å²) < 4.78 is 6.57. The van der Waals surface area contributed by atoms with Gasteiger partial charge in [0.15, 0.2) is 6.29 Å². The lowest BCUT2D eigenvalue weighted by molar-refractivity contribution is 0.0601. The monoisotopic (exact) mass is 291 g/mol. The first-order chi connectivity index (χ1) is 9.49. The zero-order chi connectivity index (χ0) is 14.9. The molecule has 0 aliphatic rings. The van der Waals surface area contributed by atoms with Crippen molar-refractivity contribution in [3.8, 4) is 5.69 Å². The van der Waals surface area contributed by atoms with Gasteiger partial charge in [0.05, 0.1) is 17.7 Å². The number of nitrogens with zero attached hydrogens (tertiary/aromatic N) is 1. The van der Waals surface area contributed by atoms with Gasteiger partial charge in [-0.15, -0.1) is 0 Å². The molecule has 0 spiro atoms. The van der Waals surface area contributed by atoms with Crippen LogP contribution in [0.1, 0.15) is 32.1 Å². The first-order valence-corrected chi connectivity index (χ1v) is 6.39. The second-order valence-electron chi connectivity index (χ2n) is 4.44. The van der Waals surface area contributed by atoms with Crippen LogP contribution >= 0.6 is 11.6 Å². The minimum Gasteiger partial charge on any atom is -0.465 e. The largest absolute Gasteiger partial charge is 0.465 e. The summed E-state index contributed by atoms with van der Waals surface area (Å²) in [7, 11) is 1.31. The van der Waals surface area contributed by atoms with Crippen molar-refractivity contribution in [3.05, 3.63) is 51.8 Å². The summed E-state index contributed by atoms with van der Waals surface area (Å²) in [4.78, 5) is 22.5. The van der Waals surface area contributed by atoms with Crippen molar-refractivity contribution in [1.29, 1.82) is 0 Å². The molecule has 0 fully saturated rings. The number of hydrogen-bond acceptors (Lipinski definition) is 3. The molecule has 2 aromatic rings. The number of carbonyl (C=O) groups excluding carboxylic acids is 2. The quantitative estimate of drug-likeness (QED) is 0.643. The average Bonchev–Trinajstić information content (AvgIpc) is 2.72. The summed E-state index contributed by atoms with van der Waals surface area (Å²) in [5.41, 5.74) is 3.50. The molecular formula is C15H14ClNO3. The minimum atomic E-state index is -0.476. The van der Waals surface area contributed by atoms with E-state index >= 15 is 0 Å². The molecule has 0 amide bonds. The Morgan fingerprint density at radius 1 is 1.30 bits per heavy atom. The molecule has 0 bridgehead atoms. The molecule has 20 heavy (non-hydrogen) atoms. The molecule has 1 aromatic carbocycles. The number of ether oxygens (including phenoxy) is 1. The third kappa shape index (κ3) is 2.34. The Morgan fingerprint density at radius 3 is 2.50 bits per heavy atom. The van der Waals surface area contributed by atoms with Crippen LogP contribution in [-0.4, -0.2) is 23.9 Å². The van der Waals surface area contributed by atoms with Crippen LogP contribution in [0.25, 0.3) is 5.69 Å². The van der Waals surface area contributed by atoms with Crippen molar-refractivity contribution >= 4 is 23.9 Å². The van der Waals surface area contributed by atoms with E-state index in [1.54, 1.807) is 18.2 Å². The van der Waals surface area contributed by atoms with Crippen molar-refractivity contribution in [2.24, 2.45) is 0 Å². The number of hydrogen-bond donors (Lipinski definition) is 0. The van der Waals surface area contributed by atoms with E-state index in [1.807, 2.05) is 24.5 Å². The van der Waals surface area contributed by atoms with Gasteiger partial charge in [0, 0.05) is 22.6 Å². The minimum absolute atomic E-state index is 0.314. The van der Waals surface area contributed by atoms with Crippen molar-refractivity contribution in [1.82, 2.24) is 4.57 Å². The highest BCUT2D eigenvalue weighted by molar-refractivity contribution is 6.33. The molecular weight excluding hydrogens is 278 g/mol. The average molecular weight is 292 g/mol. The SMILES string of the molecule is COC(=O)c1ccc(-n2c(C)cc(C=O)c2C)cc1Cl. The molecule has 5 heteroatoms. The zero-order valence-electron chi connectivity index (χ0n) is 11.4. The van der Waals surface area contributed by atoms with Gasteiger partial charge in [-0.2, -0.15) is 0 Å². The number of methoxy groups -OCH3 is 1. The molecule has 0 radical (unpaired) electrons. The normalized spacial score (nSPS) is 10.4. The van der Waals surface area contributed by atoms with Gasteiger partial charge in [-0.1, -0.05) is 11.6 Å². The van der Waals surface area contributed by atoms with E-state index < -0.39 is 5.97 Å². The fraction of sp³-hybridized carbons (Fsp3) is 0.200.